The molecule has 0 amide bonds. The van der Waals surface area contributed by atoms with Crippen LogP contribution in [0.4, 0.5) is 0 Å². The van der Waals surface area contributed by atoms with Crippen molar-refractivity contribution in [2.45, 2.75) is 18.9 Å². The molecule has 13 heavy (non-hydrogen) atoms. The van der Waals surface area contributed by atoms with E-state index in [0.717, 1.165) is 19.0 Å². The Morgan fingerprint density at radius 2 is 1.85 bits per heavy atom. The van der Waals surface area contributed by atoms with Crippen molar-refractivity contribution in [2.75, 3.05) is 19.6 Å². The summed E-state index contributed by atoms with van der Waals surface area (Å²) in [4.78, 5) is 12.9. The van der Waals surface area contributed by atoms with Gasteiger partial charge in [-0.3, -0.25) is 4.79 Å². The van der Waals surface area contributed by atoms with Gasteiger partial charge in [0, 0.05) is 31.5 Å². The molecule has 1 aliphatic carbocycles. The smallest absolute Gasteiger partial charge is 0.293 e. The molecule has 0 aromatic rings. The second-order valence-corrected chi connectivity index (χ2v) is 4.77. The fourth-order valence-corrected chi connectivity index (χ4v) is 3.65. The third kappa shape index (κ3) is 1.10. The Morgan fingerprint density at radius 1 is 1.15 bits per heavy atom. The van der Waals surface area contributed by atoms with Crippen LogP contribution in [0.25, 0.3) is 0 Å². The van der Waals surface area contributed by atoms with E-state index in [9.17, 15) is 4.79 Å². The summed E-state index contributed by atoms with van der Waals surface area (Å²) in [6.45, 7) is 4.25. The minimum atomic E-state index is 0.241. The van der Waals surface area contributed by atoms with Crippen molar-refractivity contribution >= 4 is 6.47 Å². The van der Waals surface area contributed by atoms with Crippen molar-refractivity contribution in [3.63, 3.8) is 0 Å². The molecule has 0 aromatic heterocycles. The molecule has 4 fully saturated rings. The van der Waals surface area contributed by atoms with E-state index >= 15 is 0 Å². The lowest BCUT2D eigenvalue weighted by Crippen LogP contribution is -2.60. The molecule has 0 N–H and O–H groups in total. The molecule has 3 nitrogen and oxygen atoms in total. The Morgan fingerprint density at radius 3 is 2.38 bits per heavy atom. The number of hydrogen-bond acceptors (Lipinski definition) is 3. The minimum Gasteiger partial charge on any atom is -0.464 e. The highest BCUT2D eigenvalue weighted by atomic mass is 16.5. The van der Waals surface area contributed by atoms with Crippen LogP contribution in [-0.4, -0.2) is 37.1 Å². The molecule has 3 unspecified atom stereocenters. The molecule has 0 radical (unpaired) electrons. The van der Waals surface area contributed by atoms with Crippen LogP contribution in [0.1, 0.15) is 12.8 Å². The monoisotopic (exact) mass is 181 g/mol. The molecule has 3 aliphatic heterocycles. The molecule has 1 saturated carbocycles. The first kappa shape index (κ1) is 7.80. The zero-order valence-electron chi connectivity index (χ0n) is 7.69. The molecule has 3 heteroatoms. The van der Waals surface area contributed by atoms with Crippen molar-refractivity contribution in [1.29, 1.82) is 0 Å². The Balaban J connectivity index is 1.81. The molecule has 72 valence electrons. The van der Waals surface area contributed by atoms with E-state index in [2.05, 4.69) is 4.90 Å². The van der Waals surface area contributed by atoms with E-state index < -0.39 is 0 Å². The summed E-state index contributed by atoms with van der Waals surface area (Å²) < 4.78 is 5.21. The van der Waals surface area contributed by atoms with E-state index in [1.54, 1.807) is 0 Å². The first-order valence-corrected chi connectivity index (χ1v) is 5.18. The average molecular weight is 181 g/mol. The lowest BCUT2D eigenvalue weighted by Gasteiger charge is -2.54. The number of hydrogen-bond donors (Lipinski definition) is 0. The van der Waals surface area contributed by atoms with Gasteiger partial charge in [0.1, 0.15) is 6.10 Å². The quantitative estimate of drug-likeness (QED) is 0.581. The van der Waals surface area contributed by atoms with Crippen molar-refractivity contribution in [3.8, 4) is 0 Å². The van der Waals surface area contributed by atoms with Crippen LogP contribution in [0.15, 0.2) is 0 Å². The first-order chi connectivity index (χ1) is 6.36. The van der Waals surface area contributed by atoms with E-state index in [1.165, 1.54) is 19.4 Å². The van der Waals surface area contributed by atoms with Gasteiger partial charge in [0.15, 0.2) is 0 Å². The van der Waals surface area contributed by atoms with Gasteiger partial charge in [0.25, 0.3) is 6.47 Å². The summed E-state index contributed by atoms with van der Waals surface area (Å²) >= 11 is 0. The van der Waals surface area contributed by atoms with E-state index in [0.29, 0.717) is 18.3 Å². The van der Waals surface area contributed by atoms with Crippen molar-refractivity contribution < 1.29 is 9.53 Å². The normalized spacial score (nSPS) is 52.2. The number of carbonyl (C=O) groups is 1. The third-order valence-electron chi connectivity index (χ3n) is 3.92. The maximum atomic E-state index is 10.4. The van der Waals surface area contributed by atoms with Gasteiger partial charge < -0.3 is 9.64 Å². The predicted octanol–water partition coefficient (Wildman–Crippen LogP) is 0.500. The molecule has 3 saturated heterocycles. The van der Waals surface area contributed by atoms with E-state index in [4.69, 9.17) is 4.74 Å². The van der Waals surface area contributed by atoms with Gasteiger partial charge in [-0.25, -0.2) is 0 Å². The summed E-state index contributed by atoms with van der Waals surface area (Å²) in [5.41, 5.74) is 0. The molecule has 0 spiro atoms. The number of carbonyl (C=O) groups excluding carboxylic acids is 1. The largest absolute Gasteiger partial charge is 0.464 e. The number of ether oxygens (including phenoxy) is 1. The average Bonchev–Trinajstić information content (AvgIpc) is 2.10. The lowest BCUT2D eigenvalue weighted by atomic mass is 9.66. The van der Waals surface area contributed by atoms with E-state index in [1.807, 2.05) is 0 Å². The molecule has 5 atom stereocenters. The van der Waals surface area contributed by atoms with Crippen molar-refractivity contribution in [3.05, 3.63) is 0 Å². The Kier molecular flexibility index (Phi) is 1.62. The predicted molar refractivity (Wildman–Crippen MR) is 47.1 cm³/mol. The summed E-state index contributed by atoms with van der Waals surface area (Å²) in [7, 11) is 0. The number of piperidine rings is 3. The molecule has 4 rings (SSSR count). The standard InChI is InChI=1S/C10H15NO2/c12-6-13-10-8-1-7-2-9(10)5-11(3-7)4-8/h6-10H,1-5H2/t7?,8-,9?,10-/m0/s1. The zero-order chi connectivity index (χ0) is 8.84. The van der Waals surface area contributed by atoms with Crippen molar-refractivity contribution in [2.24, 2.45) is 17.8 Å². The van der Waals surface area contributed by atoms with Crippen LogP contribution < -0.4 is 0 Å². The van der Waals surface area contributed by atoms with Crippen LogP contribution in [0, 0.1) is 17.8 Å². The van der Waals surface area contributed by atoms with Crippen LogP contribution in [0.2, 0.25) is 0 Å². The third-order valence-corrected chi connectivity index (χ3v) is 3.92. The molecule has 4 aliphatic rings. The van der Waals surface area contributed by atoms with Crippen LogP contribution in [-0.2, 0) is 9.53 Å². The molecule has 0 aromatic carbocycles. The lowest BCUT2D eigenvalue weighted by molar-refractivity contribution is -0.160. The fraction of sp³-hybridized carbons (Fsp3) is 0.900. The minimum absolute atomic E-state index is 0.241. The fourth-order valence-electron chi connectivity index (χ4n) is 3.65. The van der Waals surface area contributed by atoms with Crippen LogP contribution >= 0.6 is 0 Å². The molecular formula is C10H15NO2. The van der Waals surface area contributed by atoms with Gasteiger partial charge in [-0.05, 0) is 18.8 Å². The number of nitrogens with zero attached hydrogens (tertiary/aromatic N) is 1. The second-order valence-electron chi connectivity index (χ2n) is 4.77. The van der Waals surface area contributed by atoms with E-state index in [-0.39, 0.29) is 6.10 Å². The first-order valence-electron chi connectivity index (χ1n) is 5.18. The molecular weight excluding hydrogens is 166 g/mol. The topological polar surface area (TPSA) is 29.5 Å². The number of rotatable bonds is 2. The highest BCUT2D eigenvalue weighted by molar-refractivity contribution is 5.38. The van der Waals surface area contributed by atoms with Crippen molar-refractivity contribution in [1.82, 2.24) is 4.90 Å². The highest BCUT2D eigenvalue weighted by Gasteiger charge is 2.48. The molecule has 4 bridgehead atoms. The van der Waals surface area contributed by atoms with Gasteiger partial charge in [0.05, 0.1) is 0 Å². The maximum absolute atomic E-state index is 10.4. The SMILES string of the molecule is O=CO[C@@H]1C2CC3C[C@H]1CN(C3)C2. The van der Waals surface area contributed by atoms with Gasteiger partial charge in [-0.2, -0.15) is 0 Å². The van der Waals surface area contributed by atoms with Gasteiger partial charge >= 0.3 is 0 Å². The summed E-state index contributed by atoms with van der Waals surface area (Å²) in [5.74, 6) is 2.16. The van der Waals surface area contributed by atoms with Gasteiger partial charge in [0.2, 0.25) is 0 Å². The van der Waals surface area contributed by atoms with Gasteiger partial charge in [-0.15, -0.1) is 0 Å². The maximum Gasteiger partial charge on any atom is 0.293 e. The second kappa shape index (κ2) is 2.71. The molecule has 3 heterocycles. The summed E-state index contributed by atoms with van der Waals surface area (Å²) in [6, 6.07) is 0. The van der Waals surface area contributed by atoms with Crippen LogP contribution in [0.5, 0.6) is 0 Å². The summed E-state index contributed by atoms with van der Waals surface area (Å²) in [6.07, 6.45) is 2.81. The van der Waals surface area contributed by atoms with Gasteiger partial charge in [-0.1, -0.05) is 0 Å². The summed E-state index contributed by atoms with van der Waals surface area (Å²) in [5, 5.41) is 0. The Bertz CT molecular complexity index is 201. The highest BCUT2D eigenvalue weighted by Crippen LogP contribution is 2.44. The van der Waals surface area contributed by atoms with Crippen LogP contribution in [0.3, 0.4) is 0 Å². The Labute approximate surface area is 78.0 Å². The zero-order valence-corrected chi connectivity index (χ0v) is 7.69. The Hall–Kier alpha value is -0.570.